The molecule has 22 nitrogen and oxygen atoms in total. The van der Waals surface area contributed by atoms with Crippen LogP contribution in [0.1, 0.15) is 12.5 Å². The van der Waals surface area contributed by atoms with Crippen molar-refractivity contribution in [3.63, 3.8) is 0 Å². The van der Waals surface area contributed by atoms with Crippen molar-refractivity contribution < 1.29 is 52.8 Å². The van der Waals surface area contributed by atoms with Crippen molar-refractivity contribution in [1.29, 1.82) is 0 Å². The van der Waals surface area contributed by atoms with Crippen LogP contribution in [0, 0.1) is 0 Å². The van der Waals surface area contributed by atoms with Crippen LogP contribution in [0.5, 0.6) is 0 Å². The third-order valence-corrected chi connectivity index (χ3v) is 9.41. The molecule has 2 fully saturated rings. The first-order valence-electron chi connectivity index (χ1n) is 12.6. The number of aromatic amines is 1. The number of nitrogen functional groups attached to an aromatic ring is 2. The molecule has 6 rings (SSSR count). The van der Waals surface area contributed by atoms with Crippen molar-refractivity contribution in [3.05, 3.63) is 29.3 Å². The van der Waals surface area contributed by atoms with Crippen LogP contribution in [0.4, 0.5) is 11.8 Å². The maximum atomic E-state index is 13.7. The molecule has 0 aromatic carbocycles. The van der Waals surface area contributed by atoms with Crippen LogP contribution < -0.4 is 17.0 Å². The molecule has 236 valence electrons. The predicted octanol–water partition coefficient (Wildman–Crippen LogP) is -2.76. The Morgan fingerprint density at radius 2 is 1.61 bits per heavy atom. The standard InChI is InChI=1S/C20H24N10O12P2/c21-14-8-15(24-3-23-14)29(4-25-8)18-12(33)10(31)7(41-18)2-40-44(37,38)13-11(32)6(1-39-43(35)36)42-19(13)30-5-26-9-16(30)27-20(22)28-17(9)34/h3-7,10-13,18-19,31-33H,1-2H2,(H6-,21,22,23,24,27,28,34,35,36,37,38)/p+1/t6-,7-,10-,11-,12+,13-,18-,19-/m1/s1. The molecule has 0 spiro atoms. The van der Waals surface area contributed by atoms with Crippen molar-refractivity contribution in [3.8, 4) is 0 Å². The lowest BCUT2D eigenvalue weighted by Gasteiger charge is -2.27. The topological polar surface area (TPSA) is 331 Å². The van der Waals surface area contributed by atoms with Gasteiger partial charge in [0.15, 0.2) is 35.1 Å². The number of rotatable bonds is 9. The minimum absolute atomic E-state index is 0.0671. The highest BCUT2D eigenvalue weighted by molar-refractivity contribution is 7.53. The number of hydrogen-bond donors (Lipinski definition) is 8. The zero-order chi connectivity index (χ0) is 31.5. The van der Waals surface area contributed by atoms with E-state index in [0.717, 1.165) is 10.9 Å². The molecule has 2 saturated heterocycles. The van der Waals surface area contributed by atoms with Gasteiger partial charge in [-0.2, -0.15) is 4.98 Å². The molecular weight excluding hydrogens is 634 g/mol. The van der Waals surface area contributed by atoms with Gasteiger partial charge in [0.05, 0.1) is 19.3 Å². The van der Waals surface area contributed by atoms with Crippen LogP contribution in [-0.4, -0.2) is 114 Å². The van der Waals surface area contributed by atoms with Crippen LogP contribution in [-0.2, 0) is 27.7 Å². The molecule has 24 heteroatoms. The SMILES string of the molecule is Nc1nc2c(ncn2[C@@H]2O[C@H](CO[P+](=O)O)[C@@H](O)[C@H]2P(=O)(O)OC[C@H]2O[C@@H](n3cnc4c(N)ncnc43)[C@@H](O)[C@@H]2O)c(=O)[nH]1. The van der Waals surface area contributed by atoms with E-state index in [4.69, 9.17) is 30.4 Å². The fourth-order valence-electron chi connectivity index (χ4n) is 5.14. The Labute approximate surface area is 244 Å². The summed E-state index contributed by atoms with van der Waals surface area (Å²) in [4.78, 5) is 54.6. The van der Waals surface area contributed by atoms with Gasteiger partial charge in [-0.15, -0.1) is 9.42 Å². The summed E-state index contributed by atoms with van der Waals surface area (Å²) in [5.74, 6) is -0.238. The summed E-state index contributed by atoms with van der Waals surface area (Å²) in [5.41, 5.74) is 8.95. The summed E-state index contributed by atoms with van der Waals surface area (Å²) in [6.07, 6.45) is -7.15. The number of anilines is 2. The van der Waals surface area contributed by atoms with Gasteiger partial charge in [-0.3, -0.25) is 23.5 Å². The predicted molar refractivity (Wildman–Crippen MR) is 143 cm³/mol. The Balaban J connectivity index is 1.26. The summed E-state index contributed by atoms with van der Waals surface area (Å²) in [6.45, 7) is -1.44. The molecule has 6 heterocycles. The molecule has 0 radical (unpaired) electrons. The number of nitrogens with zero attached hydrogens (tertiary/aromatic N) is 7. The fourth-order valence-corrected chi connectivity index (χ4v) is 7.06. The van der Waals surface area contributed by atoms with Gasteiger partial charge in [0.2, 0.25) is 5.95 Å². The monoisotopic (exact) mass is 659 g/mol. The smallest absolute Gasteiger partial charge is 0.389 e. The van der Waals surface area contributed by atoms with E-state index in [9.17, 15) is 34.1 Å². The first kappa shape index (κ1) is 30.5. The van der Waals surface area contributed by atoms with Crippen LogP contribution in [0.15, 0.2) is 23.8 Å². The van der Waals surface area contributed by atoms with Crippen LogP contribution >= 0.6 is 15.9 Å². The number of fused-ring (bicyclic) bond motifs is 2. The average Bonchev–Trinajstić information content (AvgIpc) is 3.72. The van der Waals surface area contributed by atoms with E-state index in [1.165, 1.54) is 17.2 Å². The summed E-state index contributed by atoms with van der Waals surface area (Å²) in [6, 6.07) is 0. The van der Waals surface area contributed by atoms with Crippen LogP contribution in [0.3, 0.4) is 0 Å². The number of nitrogens with two attached hydrogens (primary N) is 2. The van der Waals surface area contributed by atoms with Crippen molar-refractivity contribution in [2.24, 2.45) is 0 Å². The van der Waals surface area contributed by atoms with E-state index in [2.05, 4.69) is 34.4 Å². The zero-order valence-corrected chi connectivity index (χ0v) is 23.8. The highest BCUT2D eigenvalue weighted by atomic mass is 31.2. The molecule has 10 N–H and O–H groups in total. The molecule has 44 heavy (non-hydrogen) atoms. The molecule has 10 atom stereocenters. The van der Waals surface area contributed by atoms with Crippen molar-refractivity contribution in [2.45, 2.75) is 48.6 Å². The van der Waals surface area contributed by atoms with Gasteiger partial charge in [0.1, 0.15) is 54.6 Å². The normalized spacial score (nSPS) is 30.7. The molecule has 0 amide bonds. The number of aliphatic hydroxyl groups excluding tert-OH is 3. The lowest BCUT2D eigenvalue weighted by Crippen LogP contribution is -2.36. The Kier molecular flexibility index (Phi) is 7.93. The number of nitrogens with one attached hydrogen (secondary N) is 1. The number of ether oxygens (including phenoxy) is 2. The van der Waals surface area contributed by atoms with Gasteiger partial charge in [-0.1, -0.05) is 0 Å². The fraction of sp³-hybridized carbons (Fsp3) is 0.500. The maximum absolute atomic E-state index is 13.7. The molecule has 2 unspecified atom stereocenters. The zero-order valence-electron chi connectivity index (χ0n) is 22.0. The lowest BCUT2D eigenvalue weighted by molar-refractivity contribution is -0.0494. The maximum Gasteiger partial charge on any atom is 0.694 e. The van der Waals surface area contributed by atoms with Gasteiger partial charge < -0.3 is 45.7 Å². The number of hydrogen-bond acceptors (Lipinski definition) is 17. The first-order valence-corrected chi connectivity index (χ1v) is 15.4. The highest BCUT2D eigenvalue weighted by Crippen LogP contribution is 2.57. The summed E-state index contributed by atoms with van der Waals surface area (Å²) in [5, 5.41) is 32.4. The van der Waals surface area contributed by atoms with Crippen LogP contribution in [0.25, 0.3) is 22.3 Å². The second kappa shape index (κ2) is 11.4. The van der Waals surface area contributed by atoms with E-state index >= 15 is 0 Å². The first-order chi connectivity index (χ1) is 20.9. The average molecular weight is 659 g/mol. The van der Waals surface area contributed by atoms with Gasteiger partial charge >= 0.3 is 15.9 Å². The Morgan fingerprint density at radius 1 is 0.955 bits per heavy atom. The van der Waals surface area contributed by atoms with Gasteiger partial charge in [0, 0.05) is 4.57 Å². The Morgan fingerprint density at radius 3 is 2.34 bits per heavy atom. The highest BCUT2D eigenvalue weighted by Gasteiger charge is 2.56. The van der Waals surface area contributed by atoms with Crippen molar-refractivity contribution in [1.82, 2.24) is 39.0 Å². The van der Waals surface area contributed by atoms with Crippen molar-refractivity contribution in [2.75, 3.05) is 24.7 Å². The van der Waals surface area contributed by atoms with Gasteiger partial charge in [0.25, 0.3) is 5.56 Å². The molecule has 2 aliphatic heterocycles. The lowest BCUT2D eigenvalue weighted by atomic mass is 10.1. The second-order valence-corrected chi connectivity index (χ2v) is 12.6. The minimum Gasteiger partial charge on any atom is -0.389 e. The third kappa shape index (κ3) is 5.25. The number of imidazole rings is 2. The molecule has 0 aliphatic carbocycles. The Hall–Kier alpha value is -3.53. The van der Waals surface area contributed by atoms with E-state index < -0.39 is 83.3 Å². The summed E-state index contributed by atoms with van der Waals surface area (Å²) < 4.78 is 48.6. The molecule has 4 aromatic rings. The van der Waals surface area contributed by atoms with E-state index in [1.807, 2.05) is 0 Å². The number of aromatic nitrogens is 8. The Bertz CT molecular complexity index is 1830. The number of H-pyrrole nitrogens is 1. The third-order valence-electron chi connectivity index (χ3n) is 7.21. The minimum atomic E-state index is -4.99. The summed E-state index contributed by atoms with van der Waals surface area (Å²) in [7, 11) is -8.11. The second-order valence-electron chi connectivity index (χ2n) is 9.84. The van der Waals surface area contributed by atoms with Crippen molar-refractivity contribution >= 4 is 49.9 Å². The quantitative estimate of drug-likeness (QED) is 0.0843. The van der Waals surface area contributed by atoms with E-state index in [-0.39, 0.29) is 34.1 Å². The van der Waals surface area contributed by atoms with Gasteiger partial charge in [-0.05, 0) is 0 Å². The molecule has 0 bridgehead atoms. The summed E-state index contributed by atoms with van der Waals surface area (Å²) >= 11 is 0. The van der Waals surface area contributed by atoms with Crippen LogP contribution in [0.2, 0.25) is 0 Å². The van der Waals surface area contributed by atoms with E-state index in [1.54, 1.807) is 0 Å². The molecule has 4 aromatic heterocycles. The molecule has 2 aliphatic rings. The van der Waals surface area contributed by atoms with Gasteiger partial charge in [-0.25, -0.2) is 19.9 Å². The largest absolute Gasteiger partial charge is 0.694 e. The molecule has 0 saturated carbocycles. The van der Waals surface area contributed by atoms with E-state index in [0.29, 0.717) is 0 Å². The molecular formula is C20H25N10O12P2+. The number of aliphatic hydroxyl groups is 3.